The number of thiophene rings is 1. The molecule has 24 heavy (non-hydrogen) atoms. The van der Waals surface area contributed by atoms with Crippen LogP contribution >= 0.6 is 34.5 Å². The summed E-state index contributed by atoms with van der Waals surface area (Å²) in [5.41, 5.74) is 0.955. The van der Waals surface area contributed by atoms with Gasteiger partial charge in [-0.05, 0) is 35.2 Å². The summed E-state index contributed by atoms with van der Waals surface area (Å²) in [5, 5.41) is 14.3. The summed E-state index contributed by atoms with van der Waals surface area (Å²) in [6.07, 6.45) is 2.63. The first kappa shape index (κ1) is 18.0. The molecule has 1 amide bonds. The molecule has 5 nitrogen and oxygen atoms in total. The Kier molecular flexibility index (Phi) is 6.38. The highest BCUT2D eigenvalue weighted by molar-refractivity contribution is 7.14. The van der Waals surface area contributed by atoms with Crippen molar-refractivity contribution in [2.24, 2.45) is 0 Å². The zero-order chi connectivity index (χ0) is 17.5. The summed E-state index contributed by atoms with van der Waals surface area (Å²) < 4.78 is 4.83. The fraction of sp³-hybridized carbons (Fsp3) is 0.0625. The standard InChI is InChI=1S/C16H10Cl2N2O3S/c17-12-3-1-10(13(18)7-12)2-4-15(22)23-9-14(21)20-16-11(8-19)5-6-24-16/h1-7H,9H2,(H,20,21)/b4-2+. The number of ether oxygens (including phenoxy) is 1. The summed E-state index contributed by atoms with van der Waals surface area (Å²) in [7, 11) is 0. The van der Waals surface area contributed by atoms with Crippen molar-refractivity contribution in [3.63, 3.8) is 0 Å². The summed E-state index contributed by atoms with van der Waals surface area (Å²) in [6, 6.07) is 8.38. The Hall–Kier alpha value is -2.33. The van der Waals surface area contributed by atoms with E-state index in [-0.39, 0.29) is 0 Å². The molecule has 0 unspecified atom stereocenters. The van der Waals surface area contributed by atoms with E-state index in [1.54, 1.807) is 29.6 Å². The molecule has 122 valence electrons. The Balaban J connectivity index is 1.85. The van der Waals surface area contributed by atoms with Crippen LogP contribution in [-0.2, 0) is 14.3 Å². The summed E-state index contributed by atoms with van der Waals surface area (Å²) in [4.78, 5) is 23.3. The van der Waals surface area contributed by atoms with Gasteiger partial charge in [0.05, 0.1) is 5.56 Å². The Morgan fingerprint density at radius 1 is 1.33 bits per heavy atom. The molecule has 2 aromatic rings. The van der Waals surface area contributed by atoms with E-state index in [0.29, 0.717) is 26.2 Å². The number of anilines is 1. The molecule has 0 spiro atoms. The molecular weight excluding hydrogens is 371 g/mol. The Morgan fingerprint density at radius 3 is 2.83 bits per heavy atom. The molecule has 0 atom stereocenters. The molecule has 0 aliphatic rings. The average molecular weight is 381 g/mol. The van der Waals surface area contributed by atoms with Crippen molar-refractivity contribution >= 4 is 57.5 Å². The Bertz CT molecular complexity index is 840. The number of halogens is 2. The van der Waals surface area contributed by atoms with Gasteiger partial charge in [-0.2, -0.15) is 5.26 Å². The van der Waals surface area contributed by atoms with Crippen LogP contribution in [0.1, 0.15) is 11.1 Å². The van der Waals surface area contributed by atoms with Crippen LogP contribution < -0.4 is 5.32 Å². The van der Waals surface area contributed by atoms with E-state index in [1.807, 2.05) is 6.07 Å². The van der Waals surface area contributed by atoms with Crippen LogP contribution in [-0.4, -0.2) is 18.5 Å². The van der Waals surface area contributed by atoms with E-state index in [9.17, 15) is 9.59 Å². The maximum atomic E-state index is 11.7. The lowest BCUT2D eigenvalue weighted by atomic mass is 10.2. The molecule has 1 N–H and O–H groups in total. The number of nitrogens with zero attached hydrogens (tertiary/aromatic N) is 1. The van der Waals surface area contributed by atoms with Gasteiger partial charge in [-0.3, -0.25) is 4.79 Å². The van der Waals surface area contributed by atoms with Crippen LogP contribution in [0.25, 0.3) is 6.08 Å². The van der Waals surface area contributed by atoms with Crippen molar-refractivity contribution in [2.75, 3.05) is 11.9 Å². The smallest absolute Gasteiger partial charge is 0.331 e. The highest BCUT2D eigenvalue weighted by Crippen LogP contribution is 2.22. The van der Waals surface area contributed by atoms with E-state index in [4.69, 9.17) is 33.2 Å². The number of carbonyl (C=O) groups is 2. The third-order valence-electron chi connectivity index (χ3n) is 2.75. The molecule has 2 rings (SSSR count). The van der Waals surface area contributed by atoms with E-state index in [1.165, 1.54) is 17.4 Å². The van der Waals surface area contributed by atoms with Gasteiger partial charge in [-0.1, -0.05) is 29.3 Å². The first-order valence-electron chi connectivity index (χ1n) is 6.57. The molecule has 1 aromatic heterocycles. The number of amides is 1. The van der Waals surface area contributed by atoms with Gasteiger partial charge in [-0.15, -0.1) is 11.3 Å². The van der Waals surface area contributed by atoms with Crippen LogP contribution in [0, 0.1) is 11.3 Å². The van der Waals surface area contributed by atoms with E-state index < -0.39 is 18.5 Å². The van der Waals surface area contributed by atoms with E-state index >= 15 is 0 Å². The van der Waals surface area contributed by atoms with Crippen molar-refractivity contribution < 1.29 is 14.3 Å². The number of hydrogen-bond acceptors (Lipinski definition) is 5. The topological polar surface area (TPSA) is 79.2 Å². The molecular formula is C16H10Cl2N2O3S. The molecule has 0 aliphatic heterocycles. The molecule has 0 fully saturated rings. The maximum Gasteiger partial charge on any atom is 0.331 e. The predicted molar refractivity (Wildman–Crippen MR) is 94.1 cm³/mol. The molecule has 8 heteroatoms. The number of nitrogens with one attached hydrogen (secondary N) is 1. The minimum absolute atomic E-state index is 0.358. The van der Waals surface area contributed by atoms with E-state index in [0.717, 1.165) is 6.08 Å². The van der Waals surface area contributed by atoms with E-state index in [2.05, 4.69) is 5.32 Å². The lowest BCUT2D eigenvalue weighted by Gasteiger charge is -2.03. The van der Waals surface area contributed by atoms with Crippen molar-refractivity contribution in [2.45, 2.75) is 0 Å². The largest absolute Gasteiger partial charge is 0.452 e. The normalized spacial score (nSPS) is 10.4. The van der Waals surface area contributed by atoms with Gasteiger partial charge in [0.15, 0.2) is 6.61 Å². The number of rotatable bonds is 5. The Morgan fingerprint density at radius 2 is 2.12 bits per heavy atom. The van der Waals surface area contributed by atoms with Crippen LogP contribution in [0.15, 0.2) is 35.7 Å². The second-order valence-corrected chi connectivity index (χ2v) is 6.19. The van der Waals surface area contributed by atoms with Crippen LogP contribution in [0.5, 0.6) is 0 Å². The van der Waals surface area contributed by atoms with Crippen molar-refractivity contribution in [1.29, 1.82) is 5.26 Å². The Labute approximate surface area is 152 Å². The maximum absolute atomic E-state index is 11.7. The van der Waals surface area contributed by atoms with Crippen molar-refractivity contribution in [1.82, 2.24) is 0 Å². The fourth-order valence-corrected chi connectivity index (χ4v) is 2.86. The third kappa shape index (κ3) is 5.10. The minimum Gasteiger partial charge on any atom is -0.452 e. The highest BCUT2D eigenvalue weighted by atomic mass is 35.5. The zero-order valence-electron chi connectivity index (χ0n) is 12.1. The SMILES string of the molecule is N#Cc1ccsc1NC(=O)COC(=O)/C=C/c1ccc(Cl)cc1Cl. The summed E-state index contributed by atoms with van der Waals surface area (Å²) >= 11 is 13.0. The van der Waals surface area contributed by atoms with Gasteiger partial charge in [0.25, 0.3) is 5.91 Å². The summed E-state index contributed by atoms with van der Waals surface area (Å²) in [6.45, 7) is -0.458. The van der Waals surface area contributed by atoms with Crippen LogP contribution in [0.2, 0.25) is 10.0 Å². The lowest BCUT2D eigenvalue weighted by molar-refractivity contribution is -0.142. The van der Waals surface area contributed by atoms with Crippen LogP contribution in [0.3, 0.4) is 0 Å². The third-order valence-corrected chi connectivity index (χ3v) is 4.14. The second kappa shape index (κ2) is 8.50. The molecule has 1 heterocycles. The molecule has 0 bridgehead atoms. The van der Waals surface area contributed by atoms with Gasteiger partial charge in [0.2, 0.25) is 0 Å². The molecule has 0 radical (unpaired) electrons. The minimum atomic E-state index is -0.692. The first-order chi connectivity index (χ1) is 11.5. The first-order valence-corrected chi connectivity index (χ1v) is 8.20. The van der Waals surface area contributed by atoms with Gasteiger partial charge < -0.3 is 10.1 Å². The molecule has 0 saturated carbocycles. The van der Waals surface area contributed by atoms with Crippen LogP contribution in [0.4, 0.5) is 5.00 Å². The highest BCUT2D eigenvalue weighted by Gasteiger charge is 2.10. The molecule has 1 aromatic carbocycles. The number of nitriles is 1. The summed E-state index contributed by atoms with van der Waals surface area (Å²) in [5.74, 6) is -1.22. The number of hydrogen-bond donors (Lipinski definition) is 1. The van der Waals surface area contributed by atoms with Gasteiger partial charge in [-0.25, -0.2) is 4.79 Å². The quantitative estimate of drug-likeness (QED) is 0.624. The zero-order valence-corrected chi connectivity index (χ0v) is 14.4. The van der Waals surface area contributed by atoms with Crippen molar-refractivity contribution in [3.8, 4) is 6.07 Å². The lowest BCUT2D eigenvalue weighted by Crippen LogP contribution is -2.20. The average Bonchev–Trinajstić information content (AvgIpc) is 2.99. The van der Waals surface area contributed by atoms with Gasteiger partial charge >= 0.3 is 5.97 Å². The fourth-order valence-electron chi connectivity index (χ4n) is 1.64. The number of benzene rings is 1. The number of esters is 1. The van der Waals surface area contributed by atoms with Crippen molar-refractivity contribution in [3.05, 3.63) is 56.9 Å². The predicted octanol–water partition coefficient (Wildman–Crippen LogP) is 4.12. The number of carbonyl (C=O) groups excluding carboxylic acids is 2. The monoisotopic (exact) mass is 380 g/mol. The van der Waals surface area contributed by atoms with Gasteiger partial charge in [0, 0.05) is 16.1 Å². The molecule has 0 saturated heterocycles. The molecule has 0 aliphatic carbocycles. The second-order valence-electron chi connectivity index (χ2n) is 4.43. The van der Waals surface area contributed by atoms with Gasteiger partial charge in [0.1, 0.15) is 11.1 Å².